The average Bonchev–Trinajstić information content (AvgIpc) is 2.31. The minimum absolute atomic E-state index is 0. The van der Waals surface area contributed by atoms with E-state index >= 15 is 0 Å². The standard InChI is InChI=1S/C9H17ClN2O.ClH/c1-9(2,3)12-8(13)7-4-6(10)5-11-7;/h6-7,11H,4-5H2,1-3H3,(H,12,13);1H. The van der Waals surface area contributed by atoms with Crippen LogP contribution < -0.4 is 10.6 Å². The van der Waals surface area contributed by atoms with Gasteiger partial charge in [0.15, 0.2) is 0 Å². The van der Waals surface area contributed by atoms with Crippen LogP contribution in [0.1, 0.15) is 27.2 Å². The Balaban J connectivity index is 0.00000169. The first kappa shape index (κ1) is 14.0. The van der Waals surface area contributed by atoms with Crippen molar-refractivity contribution in [1.29, 1.82) is 0 Å². The lowest BCUT2D eigenvalue weighted by Crippen LogP contribution is -2.48. The molecule has 2 N–H and O–H groups in total. The van der Waals surface area contributed by atoms with Crippen LogP contribution >= 0.6 is 24.0 Å². The van der Waals surface area contributed by atoms with Gasteiger partial charge in [-0.1, -0.05) is 0 Å². The highest BCUT2D eigenvalue weighted by Crippen LogP contribution is 2.13. The maximum absolute atomic E-state index is 11.6. The number of carbonyl (C=O) groups excluding carboxylic acids is 1. The minimum Gasteiger partial charge on any atom is -0.350 e. The minimum atomic E-state index is -0.164. The Morgan fingerprint density at radius 2 is 2.07 bits per heavy atom. The largest absolute Gasteiger partial charge is 0.350 e. The second kappa shape index (κ2) is 5.19. The third-order valence-corrected chi connectivity index (χ3v) is 2.22. The molecule has 1 aliphatic rings. The third-order valence-electron chi connectivity index (χ3n) is 1.89. The SMILES string of the molecule is CC(C)(C)NC(=O)C1CC(Cl)CN1.Cl. The number of alkyl halides is 1. The number of rotatable bonds is 1. The number of hydrogen-bond acceptors (Lipinski definition) is 2. The number of amides is 1. The molecule has 5 heteroatoms. The fourth-order valence-electron chi connectivity index (χ4n) is 1.35. The first-order valence-corrected chi connectivity index (χ1v) is 5.01. The number of halogens is 2. The predicted octanol–water partition coefficient (Wildman–Crippen LogP) is 1.29. The van der Waals surface area contributed by atoms with Crippen molar-refractivity contribution in [3.63, 3.8) is 0 Å². The van der Waals surface area contributed by atoms with Gasteiger partial charge in [0.1, 0.15) is 0 Å². The summed E-state index contributed by atoms with van der Waals surface area (Å²) in [6.45, 7) is 6.64. The zero-order valence-electron chi connectivity index (χ0n) is 8.76. The summed E-state index contributed by atoms with van der Waals surface area (Å²) in [5.74, 6) is 0.0515. The molecule has 0 bridgehead atoms. The Morgan fingerprint density at radius 1 is 1.50 bits per heavy atom. The molecule has 84 valence electrons. The Morgan fingerprint density at radius 3 is 2.43 bits per heavy atom. The Hall–Kier alpha value is 0.01000. The van der Waals surface area contributed by atoms with Crippen LogP contribution in [-0.2, 0) is 4.79 Å². The van der Waals surface area contributed by atoms with E-state index in [1.165, 1.54) is 0 Å². The smallest absolute Gasteiger partial charge is 0.237 e. The van der Waals surface area contributed by atoms with Crippen molar-refractivity contribution in [2.75, 3.05) is 6.54 Å². The fraction of sp³-hybridized carbons (Fsp3) is 0.889. The molecule has 0 aliphatic carbocycles. The van der Waals surface area contributed by atoms with Gasteiger partial charge in [-0.25, -0.2) is 0 Å². The van der Waals surface area contributed by atoms with Gasteiger partial charge in [-0.05, 0) is 27.2 Å². The average molecular weight is 241 g/mol. The topological polar surface area (TPSA) is 41.1 Å². The van der Waals surface area contributed by atoms with Crippen molar-refractivity contribution in [3.05, 3.63) is 0 Å². The van der Waals surface area contributed by atoms with E-state index < -0.39 is 0 Å². The lowest BCUT2D eigenvalue weighted by molar-refractivity contribution is -0.124. The molecule has 1 saturated heterocycles. The Bertz CT molecular complexity index is 203. The first-order valence-electron chi connectivity index (χ1n) is 4.58. The van der Waals surface area contributed by atoms with Gasteiger partial charge < -0.3 is 10.6 Å². The van der Waals surface area contributed by atoms with E-state index in [2.05, 4.69) is 10.6 Å². The van der Waals surface area contributed by atoms with E-state index in [1.807, 2.05) is 20.8 Å². The van der Waals surface area contributed by atoms with Crippen molar-refractivity contribution in [3.8, 4) is 0 Å². The first-order chi connectivity index (χ1) is 5.88. The zero-order chi connectivity index (χ0) is 10.1. The Kier molecular flexibility index (Phi) is 5.20. The monoisotopic (exact) mass is 240 g/mol. The molecule has 0 aromatic heterocycles. The summed E-state index contributed by atoms with van der Waals surface area (Å²) in [5, 5.41) is 6.10. The highest BCUT2D eigenvalue weighted by Gasteiger charge is 2.29. The zero-order valence-corrected chi connectivity index (χ0v) is 10.3. The highest BCUT2D eigenvalue weighted by molar-refractivity contribution is 6.21. The van der Waals surface area contributed by atoms with Crippen LogP contribution in [0, 0.1) is 0 Å². The summed E-state index contributed by atoms with van der Waals surface area (Å²) in [4.78, 5) is 11.6. The molecular formula is C9H18Cl2N2O. The van der Waals surface area contributed by atoms with Gasteiger partial charge >= 0.3 is 0 Å². The highest BCUT2D eigenvalue weighted by atomic mass is 35.5. The third kappa shape index (κ3) is 4.49. The summed E-state index contributed by atoms with van der Waals surface area (Å²) in [5.41, 5.74) is -0.164. The number of carbonyl (C=O) groups is 1. The van der Waals surface area contributed by atoms with E-state index in [0.717, 1.165) is 13.0 Å². The summed E-state index contributed by atoms with van der Waals surface area (Å²) in [6.07, 6.45) is 0.726. The summed E-state index contributed by atoms with van der Waals surface area (Å²) in [6, 6.07) is -0.110. The van der Waals surface area contributed by atoms with E-state index in [1.54, 1.807) is 0 Å². The molecule has 1 heterocycles. The molecule has 0 aromatic carbocycles. The fourth-order valence-corrected chi connectivity index (χ4v) is 1.62. The van der Waals surface area contributed by atoms with E-state index in [0.29, 0.717) is 0 Å². The lowest BCUT2D eigenvalue weighted by Gasteiger charge is -2.22. The molecule has 0 spiro atoms. The molecule has 0 radical (unpaired) electrons. The normalized spacial score (nSPS) is 26.9. The molecule has 1 aliphatic heterocycles. The van der Waals surface area contributed by atoms with Gasteiger partial charge in [0, 0.05) is 17.5 Å². The molecule has 1 rings (SSSR count). The van der Waals surface area contributed by atoms with E-state index in [4.69, 9.17) is 11.6 Å². The second-order valence-corrected chi connectivity index (χ2v) is 5.15. The maximum atomic E-state index is 11.6. The van der Waals surface area contributed by atoms with Gasteiger partial charge in [-0.15, -0.1) is 24.0 Å². The van der Waals surface area contributed by atoms with Crippen LogP contribution in [0.15, 0.2) is 0 Å². The van der Waals surface area contributed by atoms with Crippen LogP contribution in [0.2, 0.25) is 0 Å². The summed E-state index contributed by atoms with van der Waals surface area (Å²) in [7, 11) is 0. The molecule has 0 aromatic rings. The van der Waals surface area contributed by atoms with Crippen LogP contribution in [0.4, 0.5) is 0 Å². The van der Waals surface area contributed by atoms with Crippen molar-refractivity contribution < 1.29 is 4.79 Å². The Labute approximate surface area is 96.4 Å². The van der Waals surface area contributed by atoms with Crippen molar-refractivity contribution in [2.24, 2.45) is 0 Å². The predicted molar refractivity (Wildman–Crippen MR) is 61.2 cm³/mol. The number of hydrogen-bond donors (Lipinski definition) is 2. The molecule has 1 amide bonds. The summed E-state index contributed by atoms with van der Waals surface area (Å²) >= 11 is 5.88. The van der Waals surface area contributed by atoms with Gasteiger partial charge in [0.05, 0.1) is 6.04 Å². The molecule has 14 heavy (non-hydrogen) atoms. The maximum Gasteiger partial charge on any atom is 0.237 e. The van der Waals surface area contributed by atoms with Crippen molar-refractivity contribution >= 4 is 29.9 Å². The van der Waals surface area contributed by atoms with Crippen LogP contribution in [-0.4, -0.2) is 29.4 Å². The molecule has 0 saturated carbocycles. The molecule has 1 fully saturated rings. The molecule has 2 unspecified atom stereocenters. The molecule has 2 atom stereocenters. The quantitative estimate of drug-likeness (QED) is 0.679. The van der Waals surface area contributed by atoms with Crippen LogP contribution in [0.3, 0.4) is 0 Å². The van der Waals surface area contributed by atoms with Crippen molar-refractivity contribution in [1.82, 2.24) is 10.6 Å². The van der Waals surface area contributed by atoms with Gasteiger partial charge in [-0.2, -0.15) is 0 Å². The van der Waals surface area contributed by atoms with Gasteiger partial charge in [0.25, 0.3) is 0 Å². The lowest BCUT2D eigenvalue weighted by atomic mass is 10.1. The van der Waals surface area contributed by atoms with Crippen molar-refractivity contribution in [2.45, 2.75) is 44.1 Å². The molecule has 3 nitrogen and oxygen atoms in total. The van der Waals surface area contributed by atoms with E-state index in [9.17, 15) is 4.79 Å². The summed E-state index contributed by atoms with van der Waals surface area (Å²) < 4.78 is 0. The van der Waals surface area contributed by atoms with Gasteiger partial charge in [0.2, 0.25) is 5.91 Å². The van der Waals surface area contributed by atoms with Gasteiger partial charge in [-0.3, -0.25) is 4.79 Å². The number of nitrogens with one attached hydrogen (secondary N) is 2. The van der Waals surface area contributed by atoms with Crippen LogP contribution in [0.25, 0.3) is 0 Å². The van der Waals surface area contributed by atoms with E-state index in [-0.39, 0.29) is 35.3 Å². The second-order valence-electron chi connectivity index (χ2n) is 4.53. The molecular weight excluding hydrogens is 223 g/mol. The van der Waals surface area contributed by atoms with Crippen LogP contribution in [0.5, 0.6) is 0 Å².